The van der Waals surface area contributed by atoms with E-state index in [1.165, 1.54) is 25.7 Å². The molecular weight excluding hydrogens is 364 g/mol. The van der Waals surface area contributed by atoms with Gasteiger partial charge in [0.25, 0.3) is 5.91 Å². The predicted octanol–water partition coefficient (Wildman–Crippen LogP) is 5.00. The highest BCUT2D eigenvalue weighted by Gasteiger charge is 2.40. The first-order chi connectivity index (χ1) is 13.9. The molecule has 162 valence electrons. The van der Waals surface area contributed by atoms with Crippen LogP contribution in [0, 0.1) is 13.8 Å². The van der Waals surface area contributed by atoms with E-state index in [2.05, 4.69) is 19.2 Å². The monoisotopic (exact) mass is 403 g/mol. The molecule has 1 fully saturated rings. The van der Waals surface area contributed by atoms with Gasteiger partial charge in [0.1, 0.15) is 0 Å². The number of likely N-dealkylation sites (tertiary alicyclic amines) is 1. The molecule has 1 aliphatic rings. The fraction of sp³-hybridized carbons (Fsp3) is 0.667. The predicted molar refractivity (Wildman–Crippen MR) is 118 cm³/mol. The number of ether oxygens (including phenoxy) is 1. The third kappa shape index (κ3) is 5.59. The van der Waals surface area contributed by atoms with Crippen molar-refractivity contribution in [3.63, 3.8) is 0 Å². The summed E-state index contributed by atoms with van der Waals surface area (Å²) in [6.45, 7) is 13.5. The fourth-order valence-electron chi connectivity index (χ4n) is 4.80. The average molecular weight is 404 g/mol. The van der Waals surface area contributed by atoms with Crippen molar-refractivity contribution in [3.8, 4) is 0 Å². The number of carbonyl (C=O) groups is 2. The van der Waals surface area contributed by atoms with Crippen molar-refractivity contribution in [3.05, 3.63) is 28.8 Å². The largest absolute Gasteiger partial charge is 0.462 e. The minimum atomic E-state index is -0.379. The van der Waals surface area contributed by atoms with Crippen LogP contribution < -0.4 is 5.32 Å². The summed E-state index contributed by atoms with van der Waals surface area (Å²) in [7, 11) is 0. The van der Waals surface area contributed by atoms with Crippen LogP contribution in [0.25, 0.3) is 0 Å². The van der Waals surface area contributed by atoms with E-state index < -0.39 is 0 Å². The maximum atomic E-state index is 13.6. The summed E-state index contributed by atoms with van der Waals surface area (Å²) in [5.41, 5.74) is 2.94. The molecular formula is C24H39N2O3+. The molecule has 1 saturated heterocycles. The molecule has 1 N–H and O–H groups in total. The summed E-state index contributed by atoms with van der Waals surface area (Å²) in [6.07, 6.45) is 6.70. The number of esters is 1. The standard InChI is InChI=1S/C24H38N2O3/c1-6-13-21(26(7-2)14-11-9-10-12-15-26)23(27)25-22-19(5)16-18(4)17-20(22)24(28)29-8-3/h16-17,21H,6-15H2,1-5H3/p+1. The number of likely N-dealkylation sites (N-methyl/N-ethyl adjacent to an activating group) is 1. The summed E-state index contributed by atoms with van der Waals surface area (Å²) < 4.78 is 6.11. The maximum absolute atomic E-state index is 13.6. The van der Waals surface area contributed by atoms with Crippen LogP contribution in [0.1, 0.15) is 80.8 Å². The number of quaternary nitrogens is 1. The second-order valence-electron chi connectivity index (χ2n) is 8.41. The van der Waals surface area contributed by atoms with Gasteiger partial charge in [-0.1, -0.05) is 13.0 Å². The summed E-state index contributed by atoms with van der Waals surface area (Å²) >= 11 is 0. The molecule has 0 radical (unpaired) electrons. The van der Waals surface area contributed by atoms with Crippen LogP contribution in [0.3, 0.4) is 0 Å². The van der Waals surface area contributed by atoms with Gasteiger partial charge in [-0.25, -0.2) is 4.79 Å². The number of aryl methyl sites for hydroxylation is 2. The molecule has 1 amide bonds. The molecule has 1 atom stereocenters. The molecule has 1 aromatic rings. The van der Waals surface area contributed by atoms with Gasteiger partial charge in [0.2, 0.25) is 0 Å². The van der Waals surface area contributed by atoms with Crippen LogP contribution in [0.15, 0.2) is 12.1 Å². The van der Waals surface area contributed by atoms with E-state index in [1.807, 2.05) is 26.0 Å². The quantitative estimate of drug-likeness (QED) is 0.491. The molecule has 0 saturated carbocycles. The minimum absolute atomic E-state index is 0.0353. The molecule has 0 aromatic heterocycles. The second-order valence-corrected chi connectivity index (χ2v) is 8.41. The van der Waals surface area contributed by atoms with Crippen LogP contribution in [-0.4, -0.2) is 48.6 Å². The van der Waals surface area contributed by atoms with Crippen molar-refractivity contribution < 1.29 is 18.8 Å². The van der Waals surface area contributed by atoms with E-state index in [9.17, 15) is 9.59 Å². The van der Waals surface area contributed by atoms with Crippen molar-refractivity contribution in [1.29, 1.82) is 0 Å². The number of nitrogens with one attached hydrogen (secondary N) is 1. The number of hydrogen-bond acceptors (Lipinski definition) is 3. The van der Waals surface area contributed by atoms with Gasteiger partial charge in [0, 0.05) is 6.42 Å². The Morgan fingerprint density at radius 2 is 1.72 bits per heavy atom. The van der Waals surface area contributed by atoms with Gasteiger partial charge in [-0.2, -0.15) is 0 Å². The summed E-state index contributed by atoms with van der Waals surface area (Å²) in [5, 5.41) is 3.15. The van der Waals surface area contributed by atoms with Crippen LogP contribution in [0.4, 0.5) is 5.69 Å². The molecule has 1 aliphatic heterocycles. The Bertz CT molecular complexity index is 706. The zero-order chi connectivity index (χ0) is 21.4. The molecule has 1 heterocycles. The van der Waals surface area contributed by atoms with E-state index >= 15 is 0 Å². The van der Waals surface area contributed by atoms with Crippen LogP contribution >= 0.6 is 0 Å². The lowest BCUT2D eigenvalue weighted by molar-refractivity contribution is -0.940. The number of amides is 1. The Balaban J connectivity index is 2.38. The maximum Gasteiger partial charge on any atom is 0.340 e. The number of benzene rings is 1. The van der Waals surface area contributed by atoms with Gasteiger partial charge in [-0.15, -0.1) is 0 Å². The van der Waals surface area contributed by atoms with E-state index in [0.717, 1.165) is 48.1 Å². The van der Waals surface area contributed by atoms with Crippen LogP contribution in [0.5, 0.6) is 0 Å². The van der Waals surface area contributed by atoms with Crippen molar-refractivity contribution in [2.75, 3.05) is 31.6 Å². The van der Waals surface area contributed by atoms with Crippen molar-refractivity contribution in [2.24, 2.45) is 0 Å². The number of nitrogens with zero attached hydrogens (tertiary/aromatic N) is 1. The molecule has 0 bridgehead atoms. The Kier molecular flexibility index (Phi) is 8.69. The first-order valence-electron chi connectivity index (χ1n) is 11.3. The molecule has 0 aliphatic carbocycles. The fourth-order valence-corrected chi connectivity index (χ4v) is 4.80. The average Bonchev–Trinajstić information content (AvgIpc) is 2.94. The molecule has 1 aromatic carbocycles. The third-order valence-electron chi connectivity index (χ3n) is 6.34. The summed E-state index contributed by atoms with van der Waals surface area (Å²) in [6, 6.07) is 3.73. The highest BCUT2D eigenvalue weighted by atomic mass is 16.5. The molecule has 5 nitrogen and oxygen atoms in total. The number of carbonyl (C=O) groups excluding carboxylic acids is 2. The normalized spacial score (nSPS) is 17.3. The SMILES string of the molecule is CCCC(C(=O)Nc1c(C)cc(C)cc1C(=O)OCC)[N+]1(CC)CCCCCC1. The molecule has 0 spiro atoms. The van der Waals surface area contributed by atoms with E-state index in [0.29, 0.717) is 17.9 Å². The Morgan fingerprint density at radius 3 is 2.28 bits per heavy atom. The highest BCUT2D eigenvalue weighted by molar-refractivity contribution is 6.03. The summed E-state index contributed by atoms with van der Waals surface area (Å²) in [4.78, 5) is 26.1. The highest BCUT2D eigenvalue weighted by Crippen LogP contribution is 2.28. The minimum Gasteiger partial charge on any atom is -0.462 e. The smallest absolute Gasteiger partial charge is 0.340 e. The summed E-state index contributed by atoms with van der Waals surface area (Å²) in [5.74, 6) is -0.344. The van der Waals surface area contributed by atoms with E-state index in [-0.39, 0.29) is 17.9 Å². The lowest BCUT2D eigenvalue weighted by Gasteiger charge is -2.43. The number of anilines is 1. The van der Waals surface area contributed by atoms with Crippen molar-refractivity contribution in [1.82, 2.24) is 0 Å². The lowest BCUT2D eigenvalue weighted by Crippen LogP contribution is -2.60. The Labute approximate surface area is 176 Å². The second kappa shape index (κ2) is 10.8. The van der Waals surface area contributed by atoms with Gasteiger partial charge in [-0.05, 0) is 77.0 Å². The first kappa shape index (κ1) is 23.4. The van der Waals surface area contributed by atoms with Crippen molar-refractivity contribution in [2.45, 2.75) is 79.2 Å². The van der Waals surface area contributed by atoms with Crippen LogP contribution in [0.2, 0.25) is 0 Å². The lowest BCUT2D eigenvalue weighted by atomic mass is 10.0. The van der Waals surface area contributed by atoms with Gasteiger partial charge in [0.05, 0.1) is 37.5 Å². The molecule has 29 heavy (non-hydrogen) atoms. The zero-order valence-corrected chi connectivity index (χ0v) is 19.0. The Morgan fingerprint density at radius 1 is 1.07 bits per heavy atom. The van der Waals surface area contributed by atoms with Gasteiger partial charge in [-0.3, -0.25) is 4.79 Å². The first-order valence-corrected chi connectivity index (χ1v) is 11.3. The van der Waals surface area contributed by atoms with Gasteiger partial charge in [0.15, 0.2) is 6.04 Å². The molecule has 2 rings (SSSR count). The number of hydrogen-bond donors (Lipinski definition) is 1. The Hall–Kier alpha value is -1.88. The molecule has 5 heteroatoms. The van der Waals surface area contributed by atoms with Crippen molar-refractivity contribution >= 4 is 17.6 Å². The topological polar surface area (TPSA) is 55.4 Å². The number of rotatable bonds is 8. The van der Waals surface area contributed by atoms with Crippen LogP contribution in [-0.2, 0) is 9.53 Å². The van der Waals surface area contributed by atoms with Gasteiger partial charge < -0.3 is 14.5 Å². The third-order valence-corrected chi connectivity index (χ3v) is 6.34. The van der Waals surface area contributed by atoms with Gasteiger partial charge >= 0.3 is 5.97 Å². The van der Waals surface area contributed by atoms with E-state index in [4.69, 9.17) is 4.74 Å². The zero-order valence-electron chi connectivity index (χ0n) is 19.0. The molecule has 1 unspecified atom stereocenters. The van der Waals surface area contributed by atoms with E-state index in [1.54, 1.807) is 6.92 Å².